The standard InChI is InChI=1S/C17H19N7O9S2/c18-16-20-10(9-34-16)12(22-32-7-6-23-4-2-1-3-5-23)14(25)21-13-11(8-31-17(19)27)24(15(13)26)33-35(28,29)30/h1-5,9,11,13H,6-8H2,(H5-,18,19,20,21,25,27,28,29,30)/p+1/b22-12-/t11-,13+/m1/s1. The molecule has 2 atom stereocenters. The third-order valence-corrected chi connectivity index (χ3v) is 5.40. The van der Waals surface area contributed by atoms with Gasteiger partial charge in [-0.15, -0.1) is 15.6 Å². The van der Waals surface area contributed by atoms with Crippen LogP contribution in [0.2, 0.25) is 0 Å². The topological polar surface area (TPSA) is 230 Å². The summed E-state index contributed by atoms with van der Waals surface area (Å²) in [5, 5.41) is 7.92. The second-order valence-electron chi connectivity index (χ2n) is 6.77. The molecule has 3 rings (SSSR count). The number of nitrogen functional groups attached to an aromatic ring is 1. The molecule has 2 aromatic rings. The first-order chi connectivity index (χ1) is 16.5. The third-order valence-electron chi connectivity index (χ3n) is 4.38. The highest BCUT2D eigenvalue weighted by Gasteiger charge is 2.52. The van der Waals surface area contributed by atoms with Crippen LogP contribution < -0.4 is 21.4 Å². The van der Waals surface area contributed by atoms with E-state index in [4.69, 9.17) is 20.9 Å². The normalized spacial score (nSPS) is 18.0. The number of hydrogen-bond donors (Lipinski definition) is 4. The summed E-state index contributed by atoms with van der Waals surface area (Å²) in [5.41, 5.74) is 10.3. The zero-order valence-electron chi connectivity index (χ0n) is 17.7. The van der Waals surface area contributed by atoms with Gasteiger partial charge in [0.25, 0.3) is 11.8 Å². The summed E-state index contributed by atoms with van der Waals surface area (Å²) in [5.74, 6) is -2.00. The minimum absolute atomic E-state index is 0.0557. The number of carbonyl (C=O) groups excluding carboxylic acids is 3. The van der Waals surface area contributed by atoms with Gasteiger partial charge in [0, 0.05) is 17.5 Å². The Morgan fingerprint density at radius 1 is 1.31 bits per heavy atom. The average Bonchev–Trinajstić information content (AvgIpc) is 3.22. The van der Waals surface area contributed by atoms with Crippen molar-refractivity contribution in [3.63, 3.8) is 0 Å². The molecule has 2 aromatic heterocycles. The van der Waals surface area contributed by atoms with Crippen molar-refractivity contribution in [2.75, 3.05) is 18.9 Å². The predicted molar refractivity (Wildman–Crippen MR) is 116 cm³/mol. The van der Waals surface area contributed by atoms with E-state index in [0.717, 1.165) is 11.3 Å². The molecule has 3 heterocycles. The highest BCUT2D eigenvalue weighted by atomic mass is 32.3. The van der Waals surface area contributed by atoms with Crippen molar-refractivity contribution in [3.05, 3.63) is 41.7 Å². The predicted octanol–water partition coefficient (Wildman–Crippen LogP) is -2.04. The van der Waals surface area contributed by atoms with Crippen LogP contribution >= 0.6 is 11.3 Å². The molecule has 0 spiro atoms. The van der Waals surface area contributed by atoms with Crippen LogP contribution in [0, 0.1) is 0 Å². The zero-order chi connectivity index (χ0) is 25.6. The molecule has 0 radical (unpaired) electrons. The third kappa shape index (κ3) is 7.06. The van der Waals surface area contributed by atoms with E-state index in [2.05, 4.69) is 24.5 Å². The molecule has 188 valence electrons. The quantitative estimate of drug-likeness (QED) is 0.0617. The molecule has 1 saturated heterocycles. The Bertz CT molecular complexity index is 1220. The van der Waals surface area contributed by atoms with Gasteiger partial charge < -0.3 is 26.4 Å². The number of hydroxylamine groups is 2. The van der Waals surface area contributed by atoms with Gasteiger partial charge in [0.05, 0.1) is 0 Å². The SMILES string of the molecule is NC(=O)OC[C@@H]1[C@H](NC(=O)/C(=N\OCC[n+]2ccccc2)c2csc(N)n2)C(=O)N1OS(=O)(=O)O. The largest absolute Gasteiger partial charge is 0.447 e. The summed E-state index contributed by atoms with van der Waals surface area (Å²) < 4.78 is 41.4. The lowest BCUT2D eigenvalue weighted by Crippen LogP contribution is -2.72. The number of aromatic nitrogens is 2. The van der Waals surface area contributed by atoms with E-state index in [1.165, 1.54) is 5.38 Å². The molecule has 1 aliphatic heterocycles. The van der Waals surface area contributed by atoms with Crippen LogP contribution in [0.4, 0.5) is 9.93 Å². The first kappa shape index (κ1) is 25.7. The molecule has 16 nitrogen and oxygen atoms in total. The van der Waals surface area contributed by atoms with Gasteiger partial charge in [-0.3, -0.25) is 14.1 Å². The Morgan fingerprint density at radius 2 is 2.03 bits per heavy atom. The highest BCUT2D eigenvalue weighted by molar-refractivity contribution is 7.80. The van der Waals surface area contributed by atoms with E-state index in [1.807, 2.05) is 22.8 Å². The summed E-state index contributed by atoms with van der Waals surface area (Å²) in [7, 11) is -5.08. The number of nitrogens with zero attached hydrogens (tertiary/aromatic N) is 4. The Kier molecular flexibility index (Phi) is 8.12. The fourth-order valence-electron chi connectivity index (χ4n) is 2.85. The number of ether oxygens (including phenoxy) is 1. The molecule has 0 aliphatic carbocycles. The second kappa shape index (κ2) is 11.0. The van der Waals surface area contributed by atoms with E-state index in [0.29, 0.717) is 6.54 Å². The van der Waals surface area contributed by atoms with Gasteiger partial charge in [-0.1, -0.05) is 11.2 Å². The molecular weight excluding hydrogens is 510 g/mol. The monoisotopic (exact) mass is 530 g/mol. The Morgan fingerprint density at radius 3 is 2.63 bits per heavy atom. The molecule has 0 saturated carbocycles. The number of amides is 3. The van der Waals surface area contributed by atoms with E-state index in [1.54, 1.807) is 12.4 Å². The summed E-state index contributed by atoms with van der Waals surface area (Å²) in [6, 6.07) is 2.73. The lowest BCUT2D eigenvalue weighted by Gasteiger charge is -2.43. The molecule has 6 N–H and O–H groups in total. The van der Waals surface area contributed by atoms with Crippen LogP contribution in [0.15, 0.2) is 41.1 Å². The molecular formula is C17H20N7O9S2+. The lowest BCUT2D eigenvalue weighted by molar-refractivity contribution is -0.698. The Labute approximate surface area is 202 Å². The maximum atomic E-state index is 12.9. The van der Waals surface area contributed by atoms with Crippen LogP contribution in [0.1, 0.15) is 5.69 Å². The number of hydrogen-bond acceptors (Lipinski definition) is 12. The van der Waals surface area contributed by atoms with Gasteiger partial charge >= 0.3 is 16.5 Å². The maximum absolute atomic E-state index is 12.9. The van der Waals surface area contributed by atoms with Crippen LogP contribution in [-0.2, 0) is 40.4 Å². The highest BCUT2D eigenvalue weighted by Crippen LogP contribution is 2.23. The Balaban J connectivity index is 1.73. The van der Waals surface area contributed by atoms with Gasteiger partial charge in [-0.25, -0.2) is 14.3 Å². The first-order valence-electron chi connectivity index (χ1n) is 9.63. The van der Waals surface area contributed by atoms with E-state index < -0.39 is 47.0 Å². The molecule has 35 heavy (non-hydrogen) atoms. The molecule has 3 amide bonds. The minimum atomic E-state index is -5.08. The molecule has 0 bridgehead atoms. The van der Waals surface area contributed by atoms with Gasteiger partial charge in [0.15, 0.2) is 36.4 Å². The number of rotatable bonds is 11. The second-order valence-corrected chi connectivity index (χ2v) is 8.67. The minimum Gasteiger partial charge on any atom is -0.447 e. The molecule has 1 fully saturated rings. The van der Waals surface area contributed by atoms with Crippen LogP contribution in [0.5, 0.6) is 0 Å². The fourth-order valence-corrected chi connectivity index (χ4v) is 3.79. The van der Waals surface area contributed by atoms with Gasteiger partial charge in [0.1, 0.15) is 24.4 Å². The van der Waals surface area contributed by atoms with Crippen molar-refractivity contribution < 1.29 is 45.8 Å². The van der Waals surface area contributed by atoms with Gasteiger partial charge in [-0.05, 0) is 0 Å². The van der Waals surface area contributed by atoms with Gasteiger partial charge in [0.2, 0.25) is 0 Å². The summed E-state index contributed by atoms with van der Waals surface area (Å²) in [6.45, 7) is -0.158. The van der Waals surface area contributed by atoms with Crippen LogP contribution in [0.25, 0.3) is 0 Å². The zero-order valence-corrected chi connectivity index (χ0v) is 19.3. The van der Waals surface area contributed by atoms with Crippen molar-refractivity contribution in [1.82, 2.24) is 15.4 Å². The molecule has 0 unspecified atom stereocenters. The van der Waals surface area contributed by atoms with Crippen LogP contribution in [0.3, 0.4) is 0 Å². The van der Waals surface area contributed by atoms with Crippen molar-refractivity contribution in [2.24, 2.45) is 10.9 Å². The average molecular weight is 531 g/mol. The summed E-state index contributed by atoms with van der Waals surface area (Å²) >= 11 is 1.03. The number of oxime groups is 1. The van der Waals surface area contributed by atoms with E-state index >= 15 is 0 Å². The maximum Gasteiger partial charge on any atom is 0.418 e. The van der Waals surface area contributed by atoms with E-state index in [9.17, 15) is 22.8 Å². The number of nitrogens with one attached hydrogen (secondary N) is 1. The number of primary amides is 1. The summed E-state index contributed by atoms with van der Waals surface area (Å²) in [4.78, 5) is 45.4. The van der Waals surface area contributed by atoms with E-state index in [-0.39, 0.29) is 28.2 Å². The van der Waals surface area contributed by atoms with Crippen molar-refractivity contribution in [2.45, 2.75) is 18.6 Å². The number of carbonyl (C=O) groups is 3. The molecule has 18 heteroatoms. The number of anilines is 1. The van der Waals surface area contributed by atoms with Crippen LogP contribution in [-0.4, -0.2) is 71.9 Å². The Hall–Kier alpha value is -3.87. The van der Waals surface area contributed by atoms with Gasteiger partial charge in [-0.2, -0.15) is 13.5 Å². The molecule has 0 aromatic carbocycles. The molecule has 1 aliphatic rings. The van der Waals surface area contributed by atoms with Crippen molar-refractivity contribution >= 4 is 50.5 Å². The number of pyridine rings is 1. The number of thiazole rings is 1. The fraction of sp³-hybridized carbons (Fsp3) is 0.294. The number of nitrogens with two attached hydrogens (primary N) is 2. The summed E-state index contributed by atoms with van der Waals surface area (Å²) in [6.07, 6.45) is 2.38. The van der Waals surface area contributed by atoms with Crippen molar-refractivity contribution in [3.8, 4) is 0 Å². The van der Waals surface area contributed by atoms with Crippen molar-refractivity contribution in [1.29, 1.82) is 0 Å². The number of β-lactam (4-membered cyclic amide) rings is 1. The first-order valence-corrected chi connectivity index (χ1v) is 11.9. The lowest BCUT2D eigenvalue weighted by atomic mass is 9.98. The smallest absolute Gasteiger partial charge is 0.418 e.